The monoisotopic (exact) mass is 246 g/mol. The van der Waals surface area contributed by atoms with Crippen molar-refractivity contribution in [1.82, 2.24) is 5.32 Å². The molecular formula is C15H22N2O. The van der Waals surface area contributed by atoms with Crippen LogP contribution in [-0.4, -0.2) is 11.9 Å². The van der Waals surface area contributed by atoms with Crippen molar-refractivity contribution in [2.45, 2.75) is 45.2 Å². The van der Waals surface area contributed by atoms with Crippen LogP contribution in [0, 0.1) is 5.92 Å². The van der Waals surface area contributed by atoms with Gasteiger partial charge in [-0.3, -0.25) is 4.79 Å². The molecule has 1 aliphatic rings. The predicted molar refractivity (Wildman–Crippen MR) is 73.1 cm³/mol. The highest BCUT2D eigenvalue weighted by Crippen LogP contribution is 2.30. The van der Waals surface area contributed by atoms with Crippen LogP contribution in [0.1, 0.15) is 43.9 Å². The van der Waals surface area contributed by atoms with Gasteiger partial charge in [0.15, 0.2) is 0 Å². The lowest BCUT2D eigenvalue weighted by molar-refractivity contribution is -0.122. The zero-order valence-corrected chi connectivity index (χ0v) is 11.1. The summed E-state index contributed by atoms with van der Waals surface area (Å²) >= 11 is 0. The van der Waals surface area contributed by atoms with Crippen molar-refractivity contribution >= 4 is 5.91 Å². The quantitative estimate of drug-likeness (QED) is 0.855. The number of hydrogen-bond donors (Lipinski definition) is 2. The molecule has 1 aliphatic carbocycles. The summed E-state index contributed by atoms with van der Waals surface area (Å²) in [5, 5.41) is 3.09. The summed E-state index contributed by atoms with van der Waals surface area (Å²) in [4.78, 5) is 12.0. The second-order valence-corrected chi connectivity index (χ2v) is 5.33. The fraction of sp³-hybridized carbons (Fsp3) is 0.533. The summed E-state index contributed by atoms with van der Waals surface area (Å²) in [6.07, 6.45) is 2.47. The number of benzene rings is 1. The van der Waals surface area contributed by atoms with Gasteiger partial charge in [0.2, 0.25) is 5.91 Å². The summed E-state index contributed by atoms with van der Waals surface area (Å²) in [6.45, 7) is 4.21. The molecule has 98 valence electrons. The second-order valence-electron chi connectivity index (χ2n) is 5.33. The smallest absolute Gasteiger partial charge is 0.220 e. The maximum Gasteiger partial charge on any atom is 0.220 e. The Kier molecular flexibility index (Phi) is 4.02. The van der Waals surface area contributed by atoms with E-state index in [4.69, 9.17) is 5.73 Å². The molecule has 1 amide bonds. The van der Waals surface area contributed by atoms with Gasteiger partial charge in [-0.15, -0.1) is 0 Å². The number of carbonyl (C=O) groups excluding carboxylic acids is 1. The van der Waals surface area contributed by atoms with Crippen molar-refractivity contribution in [3.63, 3.8) is 0 Å². The summed E-state index contributed by atoms with van der Waals surface area (Å²) in [6, 6.07) is 8.17. The van der Waals surface area contributed by atoms with E-state index in [2.05, 4.69) is 31.3 Å². The summed E-state index contributed by atoms with van der Waals surface area (Å²) < 4.78 is 0. The molecule has 3 heteroatoms. The van der Waals surface area contributed by atoms with Crippen LogP contribution >= 0.6 is 0 Å². The number of fused-ring (bicyclic) bond motifs is 1. The van der Waals surface area contributed by atoms with Crippen molar-refractivity contribution in [1.29, 1.82) is 0 Å². The zero-order chi connectivity index (χ0) is 13.1. The highest BCUT2D eigenvalue weighted by atomic mass is 16.1. The van der Waals surface area contributed by atoms with Crippen LogP contribution < -0.4 is 11.1 Å². The van der Waals surface area contributed by atoms with Crippen LogP contribution in [0.2, 0.25) is 0 Å². The Morgan fingerprint density at radius 1 is 1.50 bits per heavy atom. The molecule has 0 aromatic heterocycles. The molecule has 3 nitrogen and oxygen atoms in total. The first-order valence-corrected chi connectivity index (χ1v) is 6.74. The predicted octanol–water partition coefficient (Wildman–Crippen LogP) is 2.16. The van der Waals surface area contributed by atoms with E-state index in [0.29, 0.717) is 12.3 Å². The highest BCUT2D eigenvalue weighted by molar-refractivity contribution is 5.77. The third kappa shape index (κ3) is 2.72. The Hall–Kier alpha value is -1.35. The lowest BCUT2D eigenvalue weighted by Gasteiger charge is -2.19. The van der Waals surface area contributed by atoms with E-state index in [0.717, 1.165) is 12.8 Å². The Morgan fingerprint density at radius 3 is 2.94 bits per heavy atom. The first kappa shape index (κ1) is 13.1. The van der Waals surface area contributed by atoms with Crippen molar-refractivity contribution in [2.75, 3.05) is 0 Å². The van der Waals surface area contributed by atoms with Crippen LogP contribution in [0.25, 0.3) is 0 Å². The lowest BCUT2D eigenvalue weighted by Crippen LogP contribution is -2.38. The van der Waals surface area contributed by atoms with Gasteiger partial charge in [0.05, 0.1) is 6.04 Å². The molecule has 1 aromatic rings. The second kappa shape index (κ2) is 5.53. The van der Waals surface area contributed by atoms with Gasteiger partial charge >= 0.3 is 0 Å². The minimum absolute atomic E-state index is 0.00304. The molecule has 3 unspecified atom stereocenters. The molecule has 0 spiro atoms. The molecule has 3 atom stereocenters. The van der Waals surface area contributed by atoms with Gasteiger partial charge in [-0.05, 0) is 23.5 Å². The lowest BCUT2D eigenvalue weighted by atomic mass is 10.0. The Balaban J connectivity index is 2.03. The van der Waals surface area contributed by atoms with Crippen LogP contribution in [0.3, 0.4) is 0 Å². The number of carbonyl (C=O) groups is 1. The Morgan fingerprint density at radius 2 is 2.22 bits per heavy atom. The van der Waals surface area contributed by atoms with Crippen molar-refractivity contribution in [3.8, 4) is 0 Å². The van der Waals surface area contributed by atoms with Crippen LogP contribution in [0.15, 0.2) is 24.3 Å². The Labute approximate surface area is 109 Å². The summed E-state index contributed by atoms with van der Waals surface area (Å²) in [5.41, 5.74) is 8.57. The van der Waals surface area contributed by atoms with Gasteiger partial charge in [-0.2, -0.15) is 0 Å². The molecule has 0 fully saturated rings. The number of nitrogens with two attached hydrogens (primary N) is 1. The average Bonchev–Trinajstić information content (AvgIpc) is 2.66. The molecule has 0 aliphatic heterocycles. The third-order valence-corrected chi connectivity index (χ3v) is 3.82. The average molecular weight is 246 g/mol. The highest BCUT2D eigenvalue weighted by Gasteiger charge is 2.30. The third-order valence-electron chi connectivity index (χ3n) is 3.82. The first-order chi connectivity index (χ1) is 8.61. The molecule has 0 bridgehead atoms. The SMILES string of the molecule is CCC(C)CC(=O)NC1c2ccccc2CC1N. The normalized spacial score (nSPS) is 23.5. The standard InChI is InChI=1S/C15H22N2O/c1-3-10(2)8-14(18)17-15-12-7-5-4-6-11(12)9-13(15)16/h4-7,10,13,15H,3,8-9,16H2,1-2H3,(H,17,18). The van der Waals surface area contributed by atoms with E-state index in [1.807, 2.05) is 12.1 Å². The number of rotatable bonds is 4. The van der Waals surface area contributed by atoms with Gasteiger partial charge in [0.25, 0.3) is 0 Å². The van der Waals surface area contributed by atoms with Crippen molar-refractivity contribution in [2.24, 2.45) is 11.7 Å². The van der Waals surface area contributed by atoms with Crippen molar-refractivity contribution in [3.05, 3.63) is 35.4 Å². The van der Waals surface area contributed by atoms with Gasteiger partial charge in [-0.25, -0.2) is 0 Å². The first-order valence-electron chi connectivity index (χ1n) is 6.74. The van der Waals surface area contributed by atoms with Gasteiger partial charge < -0.3 is 11.1 Å². The molecular weight excluding hydrogens is 224 g/mol. The van der Waals surface area contributed by atoms with E-state index >= 15 is 0 Å². The molecule has 18 heavy (non-hydrogen) atoms. The fourth-order valence-corrected chi connectivity index (χ4v) is 2.50. The molecule has 3 N–H and O–H groups in total. The van der Waals surface area contributed by atoms with Gasteiger partial charge in [0.1, 0.15) is 0 Å². The minimum atomic E-state index is -0.0160. The Bertz CT molecular complexity index is 430. The molecule has 2 rings (SSSR count). The van der Waals surface area contributed by atoms with E-state index in [1.54, 1.807) is 0 Å². The van der Waals surface area contributed by atoms with Gasteiger partial charge in [-0.1, -0.05) is 44.5 Å². The number of nitrogens with one attached hydrogen (secondary N) is 1. The zero-order valence-electron chi connectivity index (χ0n) is 11.1. The van der Waals surface area contributed by atoms with Crippen molar-refractivity contribution < 1.29 is 4.79 Å². The van der Waals surface area contributed by atoms with E-state index in [9.17, 15) is 4.79 Å². The molecule has 0 saturated heterocycles. The molecule has 0 heterocycles. The fourth-order valence-electron chi connectivity index (χ4n) is 2.50. The summed E-state index contributed by atoms with van der Waals surface area (Å²) in [5.74, 6) is 0.541. The maximum absolute atomic E-state index is 12.0. The van der Waals surface area contributed by atoms with E-state index < -0.39 is 0 Å². The number of amides is 1. The van der Waals surface area contributed by atoms with Crippen LogP contribution in [0.5, 0.6) is 0 Å². The topological polar surface area (TPSA) is 55.1 Å². The molecule has 1 aromatic carbocycles. The molecule has 0 saturated carbocycles. The van der Waals surface area contributed by atoms with Crippen LogP contribution in [0.4, 0.5) is 0 Å². The van der Waals surface area contributed by atoms with Crippen LogP contribution in [-0.2, 0) is 11.2 Å². The number of hydrogen-bond acceptors (Lipinski definition) is 2. The van der Waals surface area contributed by atoms with E-state index in [-0.39, 0.29) is 18.0 Å². The minimum Gasteiger partial charge on any atom is -0.348 e. The van der Waals surface area contributed by atoms with E-state index in [1.165, 1.54) is 11.1 Å². The summed E-state index contributed by atoms with van der Waals surface area (Å²) in [7, 11) is 0. The maximum atomic E-state index is 12.0. The van der Waals surface area contributed by atoms with Gasteiger partial charge in [0, 0.05) is 12.5 Å². The molecule has 0 radical (unpaired) electrons. The largest absolute Gasteiger partial charge is 0.348 e.